The van der Waals surface area contributed by atoms with Gasteiger partial charge in [-0.25, -0.2) is 0 Å². The summed E-state index contributed by atoms with van der Waals surface area (Å²) in [5.41, 5.74) is 4.00. The van der Waals surface area contributed by atoms with Crippen LogP contribution in [0.2, 0.25) is 0 Å². The summed E-state index contributed by atoms with van der Waals surface area (Å²) < 4.78 is 0. The van der Waals surface area contributed by atoms with Gasteiger partial charge in [0.1, 0.15) is 0 Å². The van der Waals surface area contributed by atoms with Crippen molar-refractivity contribution in [1.29, 1.82) is 0 Å². The Bertz CT molecular complexity index is 304. The van der Waals surface area contributed by atoms with E-state index < -0.39 is 0 Å². The summed E-state index contributed by atoms with van der Waals surface area (Å²) in [6, 6.07) is 6.60. The number of aryl methyl sites for hydroxylation is 2. The molecule has 0 fully saturated rings. The Morgan fingerprint density at radius 2 is 1.69 bits per heavy atom. The lowest BCUT2D eigenvalue weighted by molar-refractivity contribution is 0.645. The van der Waals surface area contributed by atoms with Crippen LogP contribution in [0.4, 0.5) is 5.69 Å². The van der Waals surface area contributed by atoms with Crippen LogP contribution in [0.3, 0.4) is 0 Å². The molecule has 90 valence electrons. The second kappa shape index (κ2) is 7.32. The molecule has 1 heteroatoms. The molecule has 0 unspecified atom stereocenters. The van der Waals surface area contributed by atoms with Crippen molar-refractivity contribution in [1.82, 2.24) is 0 Å². The third kappa shape index (κ3) is 4.69. The first kappa shape index (κ1) is 13.1. The van der Waals surface area contributed by atoms with Gasteiger partial charge in [-0.05, 0) is 43.5 Å². The minimum absolute atomic E-state index is 1.10. The highest BCUT2D eigenvalue weighted by atomic mass is 14.9. The molecule has 1 N–H and O–H groups in total. The molecule has 0 spiro atoms. The molecule has 0 aliphatic heterocycles. The van der Waals surface area contributed by atoms with E-state index in [4.69, 9.17) is 0 Å². The summed E-state index contributed by atoms with van der Waals surface area (Å²) in [6.07, 6.45) is 6.72. The van der Waals surface area contributed by atoms with Gasteiger partial charge in [0.05, 0.1) is 0 Å². The SMILES string of the molecule is CCCCCCCNc1ccc(C)c(C)c1. The van der Waals surface area contributed by atoms with Gasteiger partial charge in [0.15, 0.2) is 0 Å². The Labute approximate surface area is 100 Å². The smallest absolute Gasteiger partial charge is 0.0342 e. The number of unbranched alkanes of at least 4 members (excludes halogenated alkanes) is 4. The fourth-order valence-corrected chi connectivity index (χ4v) is 1.81. The zero-order valence-corrected chi connectivity index (χ0v) is 11.0. The van der Waals surface area contributed by atoms with Gasteiger partial charge in [-0.1, -0.05) is 38.7 Å². The molecule has 0 heterocycles. The first-order chi connectivity index (χ1) is 7.74. The largest absolute Gasteiger partial charge is 0.385 e. The second-order valence-electron chi connectivity index (χ2n) is 4.64. The van der Waals surface area contributed by atoms with Gasteiger partial charge in [-0.15, -0.1) is 0 Å². The van der Waals surface area contributed by atoms with Crippen molar-refractivity contribution >= 4 is 5.69 Å². The highest BCUT2D eigenvalue weighted by Gasteiger charge is 1.95. The Morgan fingerprint density at radius 3 is 2.38 bits per heavy atom. The Morgan fingerprint density at radius 1 is 0.938 bits per heavy atom. The lowest BCUT2D eigenvalue weighted by atomic mass is 10.1. The van der Waals surface area contributed by atoms with E-state index in [0.717, 1.165) is 6.54 Å². The van der Waals surface area contributed by atoms with Crippen LogP contribution in [0.15, 0.2) is 18.2 Å². The van der Waals surface area contributed by atoms with Crippen molar-refractivity contribution in [2.24, 2.45) is 0 Å². The third-order valence-corrected chi connectivity index (χ3v) is 3.12. The average molecular weight is 219 g/mol. The highest BCUT2D eigenvalue weighted by Crippen LogP contribution is 2.14. The van der Waals surface area contributed by atoms with E-state index in [1.807, 2.05) is 0 Å². The Hall–Kier alpha value is -0.980. The van der Waals surface area contributed by atoms with Gasteiger partial charge in [0.25, 0.3) is 0 Å². The summed E-state index contributed by atoms with van der Waals surface area (Å²) in [4.78, 5) is 0. The molecule has 16 heavy (non-hydrogen) atoms. The molecule has 0 aliphatic rings. The molecule has 0 amide bonds. The number of hydrogen-bond acceptors (Lipinski definition) is 1. The zero-order valence-electron chi connectivity index (χ0n) is 11.0. The predicted octanol–water partition coefficient (Wildman–Crippen LogP) is 4.69. The van der Waals surface area contributed by atoms with Gasteiger partial charge in [0, 0.05) is 12.2 Å². The summed E-state index contributed by atoms with van der Waals surface area (Å²) in [5, 5.41) is 3.49. The molecule has 1 nitrogen and oxygen atoms in total. The van der Waals surface area contributed by atoms with Crippen LogP contribution in [0.5, 0.6) is 0 Å². The summed E-state index contributed by atoms with van der Waals surface area (Å²) in [6.45, 7) is 7.69. The van der Waals surface area contributed by atoms with E-state index in [-0.39, 0.29) is 0 Å². The van der Waals surface area contributed by atoms with E-state index in [0.29, 0.717) is 0 Å². The Balaban J connectivity index is 2.19. The summed E-state index contributed by atoms with van der Waals surface area (Å²) in [5.74, 6) is 0. The van der Waals surface area contributed by atoms with Crippen molar-refractivity contribution in [3.8, 4) is 0 Å². The zero-order chi connectivity index (χ0) is 11.8. The normalized spacial score (nSPS) is 10.4. The van der Waals surface area contributed by atoms with Crippen molar-refractivity contribution in [3.05, 3.63) is 29.3 Å². The van der Waals surface area contributed by atoms with Crippen LogP contribution in [-0.2, 0) is 0 Å². The number of rotatable bonds is 7. The van der Waals surface area contributed by atoms with Crippen LogP contribution in [0.1, 0.15) is 50.2 Å². The third-order valence-electron chi connectivity index (χ3n) is 3.12. The minimum atomic E-state index is 1.10. The average Bonchev–Trinajstić information content (AvgIpc) is 2.28. The van der Waals surface area contributed by atoms with Gasteiger partial charge in [-0.3, -0.25) is 0 Å². The summed E-state index contributed by atoms with van der Waals surface area (Å²) >= 11 is 0. The minimum Gasteiger partial charge on any atom is -0.385 e. The topological polar surface area (TPSA) is 12.0 Å². The quantitative estimate of drug-likeness (QED) is 0.656. The molecule has 0 aliphatic carbocycles. The first-order valence-corrected chi connectivity index (χ1v) is 6.55. The lowest BCUT2D eigenvalue weighted by Crippen LogP contribution is -2.01. The van der Waals surface area contributed by atoms with Crippen LogP contribution in [-0.4, -0.2) is 6.54 Å². The molecule has 0 atom stereocenters. The van der Waals surface area contributed by atoms with E-state index in [1.54, 1.807) is 0 Å². The number of benzene rings is 1. The maximum Gasteiger partial charge on any atom is 0.0342 e. The molecular formula is C15H25N. The number of anilines is 1. The second-order valence-corrected chi connectivity index (χ2v) is 4.64. The molecule has 0 radical (unpaired) electrons. The van der Waals surface area contributed by atoms with Crippen LogP contribution >= 0.6 is 0 Å². The van der Waals surface area contributed by atoms with Crippen LogP contribution in [0.25, 0.3) is 0 Å². The number of nitrogens with one attached hydrogen (secondary N) is 1. The molecule has 1 rings (SSSR count). The standard InChI is InChI=1S/C15H25N/c1-4-5-6-7-8-11-16-15-10-9-13(2)14(3)12-15/h9-10,12,16H,4-8,11H2,1-3H3. The molecule has 0 aromatic heterocycles. The number of hydrogen-bond donors (Lipinski definition) is 1. The molecule has 0 saturated heterocycles. The van der Waals surface area contributed by atoms with Crippen LogP contribution < -0.4 is 5.32 Å². The fourth-order valence-electron chi connectivity index (χ4n) is 1.81. The van der Waals surface area contributed by atoms with E-state index in [2.05, 4.69) is 44.3 Å². The Kier molecular flexibility index (Phi) is 5.99. The highest BCUT2D eigenvalue weighted by molar-refractivity contribution is 5.47. The lowest BCUT2D eigenvalue weighted by Gasteiger charge is -2.08. The van der Waals surface area contributed by atoms with Gasteiger partial charge in [0.2, 0.25) is 0 Å². The van der Waals surface area contributed by atoms with Crippen molar-refractivity contribution in [2.75, 3.05) is 11.9 Å². The maximum atomic E-state index is 3.49. The van der Waals surface area contributed by atoms with E-state index in [1.165, 1.54) is 48.9 Å². The van der Waals surface area contributed by atoms with Crippen molar-refractivity contribution in [3.63, 3.8) is 0 Å². The molecule has 0 bridgehead atoms. The van der Waals surface area contributed by atoms with Crippen molar-refractivity contribution in [2.45, 2.75) is 52.9 Å². The van der Waals surface area contributed by atoms with Gasteiger partial charge < -0.3 is 5.32 Å². The fraction of sp³-hybridized carbons (Fsp3) is 0.600. The van der Waals surface area contributed by atoms with Crippen molar-refractivity contribution < 1.29 is 0 Å². The van der Waals surface area contributed by atoms with Gasteiger partial charge in [-0.2, -0.15) is 0 Å². The molecule has 1 aromatic carbocycles. The van der Waals surface area contributed by atoms with E-state index >= 15 is 0 Å². The molecular weight excluding hydrogens is 194 g/mol. The van der Waals surface area contributed by atoms with E-state index in [9.17, 15) is 0 Å². The molecule has 1 aromatic rings. The van der Waals surface area contributed by atoms with Crippen LogP contribution in [0, 0.1) is 13.8 Å². The molecule has 0 saturated carbocycles. The monoisotopic (exact) mass is 219 g/mol. The predicted molar refractivity (Wildman–Crippen MR) is 73.2 cm³/mol. The first-order valence-electron chi connectivity index (χ1n) is 6.55. The maximum absolute atomic E-state index is 3.49. The summed E-state index contributed by atoms with van der Waals surface area (Å²) in [7, 11) is 0. The van der Waals surface area contributed by atoms with Gasteiger partial charge >= 0.3 is 0 Å².